The van der Waals surface area contributed by atoms with Gasteiger partial charge in [-0.2, -0.15) is 0 Å². The van der Waals surface area contributed by atoms with Crippen LogP contribution in [0.15, 0.2) is 71.6 Å². The Kier molecular flexibility index (Phi) is 6.96. The van der Waals surface area contributed by atoms with Crippen LogP contribution in [0.4, 0.5) is 5.69 Å². The summed E-state index contributed by atoms with van der Waals surface area (Å²) in [7, 11) is 1.30. The van der Waals surface area contributed by atoms with Gasteiger partial charge >= 0.3 is 5.97 Å². The van der Waals surface area contributed by atoms with E-state index in [-0.39, 0.29) is 5.91 Å². The van der Waals surface area contributed by atoms with E-state index >= 15 is 0 Å². The van der Waals surface area contributed by atoms with Crippen LogP contribution in [0.2, 0.25) is 5.02 Å². The third kappa shape index (κ3) is 5.62. The quantitative estimate of drug-likeness (QED) is 0.390. The first-order valence-electron chi connectivity index (χ1n) is 8.94. The minimum atomic E-state index is -0.493. The molecule has 4 nitrogen and oxygen atoms in total. The molecule has 6 heteroatoms. The first-order chi connectivity index (χ1) is 14.0. The number of halogens is 1. The van der Waals surface area contributed by atoms with E-state index in [1.165, 1.54) is 23.6 Å². The summed E-state index contributed by atoms with van der Waals surface area (Å²) in [4.78, 5) is 25.4. The minimum Gasteiger partial charge on any atom is -0.465 e. The molecular formula is C23H20ClNO3S. The molecule has 3 aromatic carbocycles. The molecule has 1 amide bonds. The van der Waals surface area contributed by atoms with Crippen LogP contribution >= 0.6 is 23.4 Å². The number of carbonyl (C=O) groups excluding carboxylic acids is 2. The monoisotopic (exact) mass is 425 g/mol. The zero-order valence-electron chi connectivity index (χ0n) is 16.1. The maximum atomic E-state index is 12.5. The van der Waals surface area contributed by atoms with Crippen molar-refractivity contribution in [3.8, 4) is 0 Å². The summed E-state index contributed by atoms with van der Waals surface area (Å²) < 4.78 is 4.70. The molecule has 0 unspecified atom stereocenters. The number of rotatable bonds is 6. The van der Waals surface area contributed by atoms with Crippen LogP contribution < -0.4 is 5.32 Å². The SMILES string of the molecule is COC(=O)c1ccc(Cl)c(NC(=O)c2ccc(CSc3ccc(C)cc3)cc2)c1. The fourth-order valence-corrected chi connectivity index (χ4v) is 3.63. The Bertz CT molecular complexity index is 1020. The fourth-order valence-electron chi connectivity index (χ4n) is 2.61. The van der Waals surface area contributed by atoms with Crippen LogP contribution in [-0.2, 0) is 10.5 Å². The molecule has 0 atom stereocenters. The molecule has 0 fully saturated rings. The highest BCUT2D eigenvalue weighted by Gasteiger charge is 2.12. The van der Waals surface area contributed by atoms with E-state index in [0.29, 0.717) is 21.8 Å². The molecule has 0 radical (unpaired) electrons. The third-order valence-electron chi connectivity index (χ3n) is 4.28. The Balaban J connectivity index is 1.64. The van der Waals surface area contributed by atoms with Gasteiger partial charge in [0.2, 0.25) is 0 Å². The van der Waals surface area contributed by atoms with Crippen molar-refractivity contribution in [1.82, 2.24) is 0 Å². The molecule has 0 aliphatic heterocycles. The van der Waals surface area contributed by atoms with E-state index in [2.05, 4.69) is 36.5 Å². The molecule has 0 heterocycles. The lowest BCUT2D eigenvalue weighted by Gasteiger charge is -2.09. The number of carbonyl (C=O) groups is 2. The predicted molar refractivity (Wildman–Crippen MR) is 118 cm³/mol. The van der Waals surface area contributed by atoms with E-state index in [0.717, 1.165) is 11.3 Å². The van der Waals surface area contributed by atoms with Gasteiger partial charge < -0.3 is 10.1 Å². The smallest absolute Gasteiger partial charge is 0.337 e. The van der Waals surface area contributed by atoms with Crippen LogP contribution in [0.3, 0.4) is 0 Å². The summed E-state index contributed by atoms with van der Waals surface area (Å²) in [6, 6.07) is 20.4. The van der Waals surface area contributed by atoms with E-state index in [4.69, 9.17) is 16.3 Å². The fraction of sp³-hybridized carbons (Fsp3) is 0.130. The van der Waals surface area contributed by atoms with E-state index in [1.54, 1.807) is 36.0 Å². The van der Waals surface area contributed by atoms with Gasteiger partial charge in [-0.1, -0.05) is 41.4 Å². The van der Waals surface area contributed by atoms with Gasteiger partial charge in [0, 0.05) is 16.2 Å². The number of aryl methyl sites for hydroxylation is 1. The topological polar surface area (TPSA) is 55.4 Å². The number of ether oxygens (including phenoxy) is 1. The standard InChI is InChI=1S/C23H20ClNO3S/c1-15-3-10-19(11-4-15)29-14-16-5-7-17(8-6-16)22(26)25-21-13-18(23(27)28-2)9-12-20(21)24/h3-13H,14H2,1-2H3,(H,25,26). The van der Waals surface area contributed by atoms with Gasteiger partial charge in [0.15, 0.2) is 0 Å². The van der Waals surface area contributed by atoms with E-state index in [1.807, 2.05) is 12.1 Å². The molecule has 0 bridgehead atoms. The van der Waals surface area contributed by atoms with Crippen molar-refractivity contribution in [3.05, 3.63) is 94.0 Å². The van der Waals surface area contributed by atoms with Gasteiger partial charge in [-0.25, -0.2) is 4.79 Å². The molecule has 29 heavy (non-hydrogen) atoms. The molecule has 0 aliphatic rings. The lowest BCUT2D eigenvalue weighted by Crippen LogP contribution is -2.13. The molecule has 148 valence electrons. The van der Waals surface area contributed by atoms with Gasteiger partial charge in [0.05, 0.1) is 23.4 Å². The van der Waals surface area contributed by atoms with E-state index in [9.17, 15) is 9.59 Å². The zero-order chi connectivity index (χ0) is 20.8. The number of thioether (sulfide) groups is 1. The molecule has 0 aromatic heterocycles. The summed E-state index contributed by atoms with van der Waals surface area (Å²) in [6.45, 7) is 2.07. The Labute approximate surface area is 179 Å². The van der Waals surface area contributed by atoms with Crippen molar-refractivity contribution in [1.29, 1.82) is 0 Å². The van der Waals surface area contributed by atoms with Crippen molar-refractivity contribution in [3.63, 3.8) is 0 Å². The molecule has 0 spiro atoms. The summed E-state index contributed by atoms with van der Waals surface area (Å²) >= 11 is 7.89. The summed E-state index contributed by atoms with van der Waals surface area (Å²) in [5, 5.41) is 3.09. The maximum absolute atomic E-state index is 12.5. The molecule has 3 rings (SSSR count). The normalized spacial score (nSPS) is 10.4. The Morgan fingerprint density at radius 3 is 2.28 bits per heavy atom. The average Bonchev–Trinajstić information content (AvgIpc) is 2.74. The molecular weight excluding hydrogens is 406 g/mol. The Morgan fingerprint density at radius 2 is 1.62 bits per heavy atom. The molecule has 0 aliphatic carbocycles. The van der Waals surface area contributed by atoms with Crippen LogP contribution in [0.25, 0.3) is 0 Å². The predicted octanol–water partition coefficient (Wildman–Crippen LogP) is 5.98. The van der Waals surface area contributed by atoms with Crippen molar-refractivity contribution in [2.45, 2.75) is 17.6 Å². The largest absolute Gasteiger partial charge is 0.465 e. The highest BCUT2D eigenvalue weighted by molar-refractivity contribution is 7.98. The van der Waals surface area contributed by atoms with E-state index < -0.39 is 5.97 Å². The second kappa shape index (κ2) is 9.63. The molecule has 3 aromatic rings. The minimum absolute atomic E-state index is 0.299. The van der Waals surface area contributed by atoms with Gasteiger partial charge in [-0.3, -0.25) is 4.79 Å². The van der Waals surface area contributed by atoms with Crippen LogP contribution in [0.5, 0.6) is 0 Å². The second-order valence-corrected chi connectivity index (χ2v) is 7.89. The number of anilines is 1. The first kappa shape index (κ1) is 21.0. The summed E-state index contributed by atoms with van der Waals surface area (Å²) in [5.41, 5.74) is 3.54. The van der Waals surface area contributed by atoms with Crippen molar-refractivity contribution in [2.75, 3.05) is 12.4 Å². The van der Waals surface area contributed by atoms with Gasteiger partial charge in [0.1, 0.15) is 0 Å². The zero-order valence-corrected chi connectivity index (χ0v) is 17.6. The molecule has 0 saturated carbocycles. The number of esters is 1. The van der Waals surface area contributed by atoms with Crippen LogP contribution in [-0.4, -0.2) is 19.0 Å². The van der Waals surface area contributed by atoms with Gasteiger partial charge in [-0.15, -0.1) is 11.8 Å². The number of benzene rings is 3. The van der Waals surface area contributed by atoms with Gasteiger partial charge in [-0.05, 0) is 55.0 Å². The maximum Gasteiger partial charge on any atom is 0.337 e. The third-order valence-corrected chi connectivity index (χ3v) is 5.69. The Morgan fingerprint density at radius 1 is 0.966 bits per heavy atom. The van der Waals surface area contributed by atoms with Crippen molar-refractivity contribution in [2.24, 2.45) is 0 Å². The Hall–Kier alpha value is -2.76. The lowest BCUT2D eigenvalue weighted by molar-refractivity contribution is 0.0600. The second-order valence-electron chi connectivity index (χ2n) is 6.44. The number of amides is 1. The number of hydrogen-bond acceptors (Lipinski definition) is 4. The highest BCUT2D eigenvalue weighted by atomic mass is 35.5. The van der Waals surface area contributed by atoms with Crippen molar-refractivity contribution >= 4 is 40.9 Å². The highest BCUT2D eigenvalue weighted by Crippen LogP contribution is 2.25. The van der Waals surface area contributed by atoms with Gasteiger partial charge in [0.25, 0.3) is 5.91 Å². The lowest BCUT2D eigenvalue weighted by atomic mass is 10.1. The average molecular weight is 426 g/mol. The summed E-state index contributed by atoms with van der Waals surface area (Å²) in [6.07, 6.45) is 0. The van der Waals surface area contributed by atoms with Crippen molar-refractivity contribution < 1.29 is 14.3 Å². The van der Waals surface area contributed by atoms with Crippen LogP contribution in [0, 0.1) is 6.92 Å². The number of hydrogen-bond donors (Lipinski definition) is 1. The molecule has 1 N–H and O–H groups in total. The number of methoxy groups -OCH3 is 1. The van der Waals surface area contributed by atoms with Crippen LogP contribution in [0.1, 0.15) is 31.8 Å². The molecule has 0 saturated heterocycles. The number of nitrogens with one attached hydrogen (secondary N) is 1. The summed E-state index contributed by atoms with van der Waals surface area (Å²) in [5.74, 6) is 0.0251. The first-order valence-corrected chi connectivity index (χ1v) is 10.3.